The van der Waals surface area contributed by atoms with E-state index in [0.717, 1.165) is 45.9 Å². The second kappa shape index (κ2) is 6.93. The summed E-state index contributed by atoms with van der Waals surface area (Å²) in [5.41, 5.74) is 5.60. The van der Waals surface area contributed by atoms with Crippen molar-refractivity contribution in [2.45, 2.75) is 32.6 Å². The first-order valence-electron chi connectivity index (χ1n) is 8.86. The molecule has 3 aromatic rings. The molecule has 3 nitrogen and oxygen atoms in total. The Hall–Kier alpha value is -2.26. The Morgan fingerprint density at radius 3 is 2.84 bits per heavy atom. The van der Waals surface area contributed by atoms with Crippen molar-refractivity contribution in [2.75, 3.05) is 11.9 Å². The summed E-state index contributed by atoms with van der Waals surface area (Å²) in [6.45, 7) is 2.64. The van der Waals surface area contributed by atoms with Gasteiger partial charge in [-0.15, -0.1) is 0 Å². The monoisotopic (exact) mass is 352 g/mol. The van der Waals surface area contributed by atoms with Crippen molar-refractivity contribution >= 4 is 33.9 Å². The second-order valence-corrected chi connectivity index (χ2v) is 6.77. The smallest absolute Gasteiger partial charge is 0.142 e. The number of nitrogens with zero attached hydrogens (tertiary/aromatic N) is 1. The van der Waals surface area contributed by atoms with E-state index in [1.54, 1.807) is 0 Å². The topological polar surface area (TPSA) is 34.1 Å². The molecule has 0 saturated heterocycles. The van der Waals surface area contributed by atoms with Crippen molar-refractivity contribution in [1.82, 2.24) is 4.98 Å². The molecule has 0 aliphatic heterocycles. The summed E-state index contributed by atoms with van der Waals surface area (Å²) in [7, 11) is 0. The van der Waals surface area contributed by atoms with Gasteiger partial charge in [0.15, 0.2) is 0 Å². The lowest BCUT2D eigenvalue weighted by atomic mass is 9.92. The number of hydrogen-bond donors (Lipinski definition) is 1. The third-order valence-electron chi connectivity index (χ3n) is 4.67. The van der Waals surface area contributed by atoms with Gasteiger partial charge in [-0.05, 0) is 68.5 Å². The quantitative estimate of drug-likeness (QED) is 0.633. The number of para-hydroxylation sites is 2. The van der Waals surface area contributed by atoms with Gasteiger partial charge in [0.1, 0.15) is 5.75 Å². The van der Waals surface area contributed by atoms with Gasteiger partial charge in [-0.1, -0.05) is 23.7 Å². The minimum Gasteiger partial charge on any atom is -0.492 e. The van der Waals surface area contributed by atoms with Crippen molar-refractivity contribution in [1.29, 1.82) is 0 Å². The number of benzene rings is 2. The summed E-state index contributed by atoms with van der Waals surface area (Å²) < 4.78 is 5.78. The number of ether oxygens (including phenoxy) is 1. The Labute approximate surface area is 153 Å². The Morgan fingerprint density at radius 2 is 1.96 bits per heavy atom. The molecular weight excluding hydrogens is 332 g/mol. The number of hydrogen-bond acceptors (Lipinski definition) is 3. The average Bonchev–Trinajstić information content (AvgIpc) is 2.63. The number of halogens is 1. The van der Waals surface area contributed by atoms with Crippen molar-refractivity contribution in [3.05, 3.63) is 58.7 Å². The molecule has 0 unspecified atom stereocenters. The zero-order valence-electron chi connectivity index (χ0n) is 14.3. The third kappa shape index (κ3) is 3.16. The van der Waals surface area contributed by atoms with E-state index in [9.17, 15) is 0 Å². The Kier molecular flexibility index (Phi) is 4.50. The van der Waals surface area contributed by atoms with E-state index in [-0.39, 0.29) is 0 Å². The number of rotatable bonds is 4. The van der Waals surface area contributed by atoms with Crippen LogP contribution >= 0.6 is 11.6 Å². The van der Waals surface area contributed by atoms with Gasteiger partial charge in [-0.2, -0.15) is 0 Å². The summed E-state index contributed by atoms with van der Waals surface area (Å²) in [5.74, 6) is 0.863. The summed E-state index contributed by atoms with van der Waals surface area (Å²) in [5, 5.41) is 5.43. The fourth-order valence-electron chi connectivity index (χ4n) is 3.52. The lowest BCUT2D eigenvalue weighted by Gasteiger charge is -2.22. The molecule has 1 heterocycles. The first-order valence-corrected chi connectivity index (χ1v) is 9.24. The van der Waals surface area contributed by atoms with Crippen LogP contribution in [-0.4, -0.2) is 11.6 Å². The summed E-state index contributed by atoms with van der Waals surface area (Å²) in [4.78, 5) is 4.89. The lowest BCUT2D eigenvalue weighted by Crippen LogP contribution is -2.10. The first kappa shape index (κ1) is 16.2. The van der Waals surface area contributed by atoms with Crippen LogP contribution in [-0.2, 0) is 12.8 Å². The van der Waals surface area contributed by atoms with Crippen LogP contribution in [0.15, 0.2) is 42.5 Å². The highest BCUT2D eigenvalue weighted by Gasteiger charge is 2.19. The van der Waals surface area contributed by atoms with E-state index in [1.165, 1.54) is 24.1 Å². The van der Waals surface area contributed by atoms with E-state index < -0.39 is 0 Å². The molecule has 0 fully saturated rings. The van der Waals surface area contributed by atoms with Crippen LogP contribution in [0.2, 0.25) is 5.02 Å². The number of aryl methyl sites for hydroxylation is 1. The molecule has 1 aliphatic rings. The van der Waals surface area contributed by atoms with Crippen molar-refractivity contribution in [3.63, 3.8) is 0 Å². The Morgan fingerprint density at radius 1 is 1.12 bits per heavy atom. The van der Waals surface area contributed by atoms with Crippen LogP contribution in [0.5, 0.6) is 5.75 Å². The van der Waals surface area contributed by atoms with Crippen LogP contribution < -0.4 is 10.1 Å². The van der Waals surface area contributed by atoms with Gasteiger partial charge in [0.2, 0.25) is 0 Å². The SMILES string of the molecule is CCOc1ccccc1Nc1c2c(nc3ccc(Cl)cc13)CCCC2. The number of nitrogens with one attached hydrogen (secondary N) is 1. The van der Waals surface area contributed by atoms with E-state index >= 15 is 0 Å². The number of aromatic nitrogens is 1. The van der Waals surface area contributed by atoms with E-state index in [0.29, 0.717) is 6.61 Å². The van der Waals surface area contributed by atoms with Gasteiger partial charge in [0, 0.05) is 16.1 Å². The minimum absolute atomic E-state index is 0.639. The third-order valence-corrected chi connectivity index (χ3v) is 4.91. The zero-order valence-corrected chi connectivity index (χ0v) is 15.1. The summed E-state index contributed by atoms with van der Waals surface area (Å²) in [6, 6.07) is 14.0. The molecule has 0 atom stereocenters. The van der Waals surface area contributed by atoms with Gasteiger partial charge >= 0.3 is 0 Å². The largest absolute Gasteiger partial charge is 0.492 e. The molecule has 1 N–H and O–H groups in total. The maximum atomic E-state index is 6.28. The van der Waals surface area contributed by atoms with Gasteiger partial charge in [-0.25, -0.2) is 0 Å². The molecule has 4 rings (SSSR count). The number of anilines is 2. The summed E-state index contributed by atoms with van der Waals surface area (Å²) >= 11 is 6.28. The Balaban J connectivity index is 1.89. The minimum atomic E-state index is 0.639. The molecule has 0 saturated carbocycles. The number of pyridine rings is 1. The van der Waals surface area contributed by atoms with Crippen molar-refractivity contribution in [2.24, 2.45) is 0 Å². The van der Waals surface area contributed by atoms with Crippen LogP contribution in [0.3, 0.4) is 0 Å². The van der Waals surface area contributed by atoms with Crippen LogP contribution in [0.4, 0.5) is 11.4 Å². The lowest BCUT2D eigenvalue weighted by molar-refractivity contribution is 0.342. The molecule has 128 valence electrons. The second-order valence-electron chi connectivity index (χ2n) is 6.33. The molecule has 4 heteroatoms. The van der Waals surface area contributed by atoms with Gasteiger partial charge in [0.25, 0.3) is 0 Å². The van der Waals surface area contributed by atoms with Gasteiger partial charge < -0.3 is 10.1 Å². The van der Waals surface area contributed by atoms with Gasteiger partial charge in [-0.3, -0.25) is 4.98 Å². The fourth-order valence-corrected chi connectivity index (χ4v) is 3.70. The molecule has 2 aromatic carbocycles. The highest BCUT2D eigenvalue weighted by atomic mass is 35.5. The maximum absolute atomic E-state index is 6.28. The zero-order chi connectivity index (χ0) is 17.2. The standard InChI is InChI=1S/C21H21ClN2O/c1-2-25-20-10-6-5-9-19(20)24-21-15-7-3-4-8-17(15)23-18-12-11-14(22)13-16(18)21/h5-6,9-13H,2-4,7-8H2,1H3,(H,23,24). The fraction of sp³-hybridized carbons (Fsp3) is 0.286. The van der Waals surface area contributed by atoms with Crippen molar-refractivity contribution in [3.8, 4) is 5.75 Å². The molecule has 1 aromatic heterocycles. The molecule has 25 heavy (non-hydrogen) atoms. The van der Waals surface area contributed by atoms with Crippen LogP contribution in [0, 0.1) is 0 Å². The summed E-state index contributed by atoms with van der Waals surface area (Å²) in [6.07, 6.45) is 4.48. The molecule has 0 spiro atoms. The molecule has 0 amide bonds. The first-order chi connectivity index (χ1) is 12.3. The number of fused-ring (bicyclic) bond motifs is 2. The molecule has 0 bridgehead atoms. The predicted octanol–water partition coefficient (Wildman–Crippen LogP) is 5.91. The van der Waals surface area contributed by atoms with E-state index in [2.05, 4.69) is 11.4 Å². The highest BCUT2D eigenvalue weighted by Crippen LogP contribution is 2.38. The van der Waals surface area contributed by atoms with E-state index in [4.69, 9.17) is 21.3 Å². The molecule has 0 radical (unpaired) electrons. The average molecular weight is 353 g/mol. The Bertz CT molecular complexity index is 923. The maximum Gasteiger partial charge on any atom is 0.142 e. The highest BCUT2D eigenvalue weighted by molar-refractivity contribution is 6.31. The normalized spacial score (nSPS) is 13.5. The van der Waals surface area contributed by atoms with E-state index in [1.807, 2.05) is 43.3 Å². The predicted molar refractivity (Wildman–Crippen MR) is 104 cm³/mol. The van der Waals surface area contributed by atoms with Crippen molar-refractivity contribution < 1.29 is 4.74 Å². The molecular formula is C21H21ClN2O. The van der Waals surface area contributed by atoms with Gasteiger partial charge in [0.05, 0.1) is 23.5 Å². The van der Waals surface area contributed by atoms with Crippen LogP contribution in [0.1, 0.15) is 31.0 Å². The van der Waals surface area contributed by atoms with Crippen LogP contribution in [0.25, 0.3) is 10.9 Å². The molecule has 1 aliphatic carbocycles.